The van der Waals surface area contributed by atoms with Crippen LogP contribution in [0.15, 0.2) is 11.6 Å². The Bertz CT molecular complexity index is 116. The average Bonchev–Trinajstić information content (AvgIpc) is 2.17. The largest absolute Gasteiger partial charge is 0.316 e. The van der Waals surface area contributed by atoms with Crippen LogP contribution >= 0.6 is 0 Å². The summed E-state index contributed by atoms with van der Waals surface area (Å²) in [5, 5.41) is 3.20. The van der Waals surface area contributed by atoms with E-state index in [-0.39, 0.29) is 0 Å². The number of nitrogens with one attached hydrogen (secondary N) is 1. The second-order valence-corrected chi connectivity index (χ2v) is 2.99. The van der Waals surface area contributed by atoms with Crippen LogP contribution in [-0.4, -0.2) is 13.6 Å². The molecule has 1 aliphatic rings. The van der Waals surface area contributed by atoms with E-state index < -0.39 is 0 Å². The highest BCUT2D eigenvalue weighted by molar-refractivity contribution is 5.05. The standard InChI is InChI=1S/C9H17N/c1-10-8-9-6-4-2-3-5-7-9/h6,10H,2-5,7-8H2,1H3. The summed E-state index contributed by atoms with van der Waals surface area (Å²) in [6.07, 6.45) is 9.24. The molecule has 0 radical (unpaired) electrons. The quantitative estimate of drug-likeness (QED) is 0.578. The van der Waals surface area contributed by atoms with E-state index in [4.69, 9.17) is 0 Å². The van der Waals surface area contributed by atoms with E-state index in [0.29, 0.717) is 0 Å². The Morgan fingerprint density at radius 3 is 3.10 bits per heavy atom. The molecule has 0 saturated heterocycles. The Morgan fingerprint density at radius 1 is 1.40 bits per heavy atom. The zero-order chi connectivity index (χ0) is 7.23. The fourth-order valence-corrected chi connectivity index (χ4v) is 1.47. The van der Waals surface area contributed by atoms with Gasteiger partial charge in [-0.1, -0.05) is 18.1 Å². The molecule has 58 valence electrons. The minimum atomic E-state index is 1.10. The molecule has 0 heterocycles. The summed E-state index contributed by atoms with van der Waals surface area (Å²) in [5.74, 6) is 0. The average molecular weight is 139 g/mol. The van der Waals surface area contributed by atoms with Gasteiger partial charge in [0, 0.05) is 6.54 Å². The van der Waals surface area contributed by atoms with Crippen LogP contribution in [-0.2, 0) is 0 Å². The van der Waals surface area contributed by atoms with Crippen molar-refractivity contribution in [2.45, 2.75) is 32.1 Å². The molecule has 0 aromatic carbocycles. The van der Waals surface area contributed by atoms with Crippen molar-refractivity contribution in [1.82, 2.24) is 5.32 Å². The Morgan fingerprint density at radius 2 is 2.30 bits per heavy atom. The summed E-state index contributed by atoms with van der Waals surface area (Å²) in [6.45, 7) is 1.10. The smallest absolute Gasteiger partial charge is 0.0161 e. The van der Waals surface area contributed by atoms with Crippen molar-refractivity contribution in [3.8, 4) is 0 Å². The van der Waals surface area contributed by atoms with Gasteiger partial charge in [-0.3, -0.25) is 0 Å². The van der Waals surface area contributed by atoms with Gasteiger partial charge in [-0.25, -0.2) is 0 Å². The highest BCUT2D eigenvalue weighted by Crippen LogP contribution is 2.15. The molecule has 0 aliphatic heterocycles. The van der Waals surface area contributed by atoms with Crippen molar-refractivity contribution in [2.24, 2.45) is 0 Å². The molecule has 0 aromatic heterocycles. The minimum Gasteiger partial charge on any atom is -0.316 e. The van der Waals surface area contributed by atoms with Gasteiger partial charge in [0.15, 0.2) is 0 Å². The molecule has 0 unspecified atom stereocenters. The lowest BCUT2D eigenvalue weighted by atomic mass is 10.1. The van der Waals surface area contributed by atoms with Gasteiger partial charge in [0.2, 0.25) is 0 Å². The SMILES string of the molecule is CNCC1=CCCCCC1. The molecule has 1 rings (SSSR count). The number of likely N-dealkylation sites (N-methyl/N-ethyl adjacent to an activating group) is 1. The lowest BCUT2D eigenvalue weighted by Gasteiger charge is -2.01. The van der Waals surface area contributed by atoms with Gasteiger partial charge in [-0.05, 0) is 32.7 Å². The highest BCUT2D eigenvalue weighted by atomic mass is 14.8. The second kappa shape index (κ2) is 4.51. The lowest BCUT2D eigenvalue weighted by molar-refractivity contribution is 0.701. The Balaban J connectivity index is 2.31. The van der Waals surface area contributed by atoms with E-state index in [2.05, 4.69) is 11.4 Å². The predicted octanol–water partition coefficient (Wildman–Crippen LogP) is 2.10. The maximum absolute atomic E-state index is 3.20. The van der Waals surface area contributed by atoms with E-state index in [1.807, 2.05) is 7.05 Å². The highest BCUT2D eigenvalue weighted by Gasteiger charge is 2.00. The third-order valence-electron chi connectivity index (χ3n) is 2.04. The van der Waals surface area contributed by atoms with Gasteiger partial charge < -0.3 is 5.32 Å². The molecule has 10 heavy (non-hydrogen) atoms. The third kappa shape index (κ3) is 2.53. The number of hydrogen-bond acceptors (Lipinski definition) is 1. The number of allylic oxidation sites excluding steroid dienone is 1. The monoisotopic (exact) mass is 139 g/mol. The summed E-state index contributed by atoms with van der Waals surface area (Å²) in [7, 11) is 2.02. The summed E-state index contributed by atoms with van der Waals surface area (Å²) < 4.78 is 0. The van der Waals surface area contributed by atoms with E-state index in [0.717, 1.165) is 6.54 Å². The van der Waals surface area contributed by atoms with Gasteiger partial charge in [0.1, 0.15) is 0 Å². The minimum absolute atomic E-state index is 1.10. The van der Waals surface area contributed by atoms with Crippen LogP contribution < -0.4 is 5.32 Å². The zero-order valence-electron chi connectivity index (χ0n) is 6.82. The molecule has 0 saturated carbocycles. The van der Waals surface area contributed by atoms with Crippen molar-refractivity contribution >= 4 is 0 Å². The zero-order valence-corrected chi connectivity index (χ0v) is 6.82. The first kappa shape index (κ1) is 7.80. The molecule has 0 amide bonds. The van der Waals surface area contributed by atoms with E-state index in [9.17, 15) is 0 Å². The molecule has 1 N–H and O–H groups in total. The molecule has 0 aromatic rings. The van der Waals surface area contributed by atoms with Gasteiger partial charge >= 0.3 is 0 Å². The molecule has 0 spiro atoms. The van der Waals surface area contributed by atoms with Crippen LogP contribution in [0.5, 0.6) is 0 Å². The van der Waals surface area contributed by atoms with E-state index >= 15 is 0 Å². The fourth-order valence-electron chi connectivity index (χ4n) is 1.47. The summed E-state index contributed by atoms with van der Waals surface area (Å²) >= 11 is 0. The Hall–Kier alpha value is -0.300. The maximum atomic E-state index is 3.20. The third-order valence-corrected chi connectivity index (χ3v) is 2.04. The van der Waals surface area contributed by atoms with Gasteiger partial charge in [-0.2, -0.15) is 0 Å². The molecule has 0 atom stereocenters. The van der Waals surface area contributed by atoms with E-state index in [1.54, 1.807) is 5.57 Å². The van der Waals surface area contributed by atoms with E-state index in [1.165, 1.54) is 32.1 Å². The molecule has 0 bridgehead atoms. The van der Waals surface area contributed by atoms with Gasteiger partial charge in [0.25, 0.3) is 0 Å². The van der Waals surface area contributed by atoms with Gasteiger partial charge in [-0.15, -0.1) is 0 Å². The first-order chi connectivity index (χ1) is 4.93. The molecule has 1 nitrogen and oxygen atoms in total. The van der Waals surface area contributed by atoms with Gasteiger partial charge in [0.05, 0.1) is 0 Å². The predicted molar refractivity (Wildman–Crippen MR) is 45.1 cm³/mol. The van der Waals surface area contributed by atoms with Crippen molar-refractivity contribution in [2.75, 3.05) is 13.6 Å². The maximum Gasteiger partial charge on any atom is 0.0161 e. The van der Waals surface area contributed by atoms with Crippen LogP contribution in [0.4, 0.5) is 0 Å². The van der Waals surface area contributed by atoms with Crippen LogP contribution in [0.2, 0.25) is 0 Å². The fraction of sp³-hybridized carbons (Fsp3) is 0.778. The first-order valence-corrected chi connectivity index (χ1v) is 4.26. The lowest BCUT2D eigenvalue weighted by Crippen LogP contribution is -2.09. The van der Waals surface area contributed by atoms with Crippen LogP contribution in [0, 0.1) is 0 Å². The van der Waals surface area contributed by atoms with Crippen molar-refractivity contribution in [1.29, 1.82) is 0 Å². The van der Waals surface area contributed by atoms with Crippen LogP contribution in [0.1, 0.15) is 32.1 Å². The number of rotatable bonds is 2. The first-order valence-electron chi connectivity index (χ1n) is 4.26. The van der Waals surface area contributed by atoms with Crippen molar-refractivity contribution < 1.29 is 0 Å². The molecule has 1 aliphatic carbocycles. The van der Waals surface area contributed by atoms with Crippen LogP contribution in [0.3, 0.4) is 0 Å². The van der Waals surface area contributed by atoms with Crippen LogP contribution in [0.25, 0.3) is 0 Å². The Kier molecular flexibility index (Phi) is 3.52. The molecular weight excluding hydrogens is 122 g/mol. The molecule has 1 heteroatoms. The summed E-state index contributed by atoms with van der Waals surface area (Å²) in [4.78, 5) is 0. The second-order valence-electron chi connectivity index (χ2n) is 2.99. The topological polar surface area (TPSA) is 12.0 Å². The van der Waals surface area contributed by atoms with Crippen molar-refractivity contribution in [3.63, 3.8) is 0 Å². The summed E-state index contributed by atoms with van der Waals surface area (Å²) in [6, 6.07) is 0. The number of hydrogen-bond donors (Lipinski definition) is 1. The molecular formula is C9H17N. The Labute approximate surface area is 63.5 Å². The van der Waals surface area contributed by atoms with Crippen molar-refractivity contribution in [3.05, 3.63) is 11.6 Å². The summed E-state index contributed by atoms with van der Waals surface area (Å²) in [5.41, 5.74) is 1.61. The normalized spacial score (nSPS) is 19.9. The molecule has 0 fully saturated rings.